The monoisotopic (exact) mass is 490 g/mol. The highest BCUT2D eigenvalue weighted by molar-refractivity contribution is 9.10. The van der Waals surface area contributed by atoms with E-state index in [1.807, 2.05) is 42.5 Å². The predicted octanol–water partition coefficient (Wildman–Crippen LogP) is 5.65. The second-order valence-corrected chi connectivity index (χ2v) is 8.14. The lowest BCUT2D eigenvalue weighted by Crippen LogP contribution is -2.11. The van der Waals surface area contributed by atoms with Crippen LogP contribution in [0.1, 0.15) is 22.3 Å². The Kier molecular flexibility index (Phi) is 6.13. The molecule has 0 fully saturated rings. The number of nitrogens with two attached hydrogens (primary N) is 1. The number of primary amides is 1. The summed E-state index contributed by atoms with van der Waals surface area (Å²) in [7, 11) is 0. The number of carbonyl (C=O) groups is 2. The van der Waals surface area contributed by atoms with E-state index in [0.717, 1.165) is 15.6 Å². The van der Waals surface area contributed by atoms with Crippen molar-refractivity contribution >= 4 is 44.3 Å². The zero-order valence-electron chi connectivity index (χ0n) is 16.9. The van der Waals surface area contributed by atoms with Crippen LogP contribution in [0.4, 0.5) is 5.69 Å². The normalized spacial score (nSPS) is 11.3. The summed E-state index contributed by atoms with van der Waals surface area (Å²) < 4.78 is 0.816. The topological polar surface area (TPSA) is 121 Å². The van der Waals surface area contributed by atoms with E-state index in [9.17, 15) is 14.7 Å². The minimum Gasteiger partial charge on any atom is -0.493 e. The van der Waals surface area contributed by atoms with Crippen molar-refractivity contribution in [3.8, 4) is 17.0 Å². The van der Waals surface area contributed by atoms with Crippen LogP contribution in [0.15, 0.2) is 81.4 Å². The van der Waals surface area contributed by atoms with E-state index in [1.165, 1.54) is 0 Å². The molecule has 0 atom stereocenters. The van der Waals surface area contributed by atoms with Crippen LogP contribution in [0.3, 0.4) is 0 Å². The fraction of sp³-hybridized carbons (Fsp3) is 0.0833. The van der Waals surface area contributed by atoms with Crippen LogP contribution in [0.5, 0.6) is 5.88 Å². The second-order valence-electron chi connectivity index (χ2n) is 7.23. The molecule has 0 saturated carbocycles. The molecule has 8 heteroatoms. The molecule has 4 N–H and O–H groups in total. The van der Waals surface area contributed by atoms with Gasteiger partial charge in [-0.2, -0.15) is 0 Å². The molecule has 4 rings (SSSR count). The summed E-state index contributed by atoms with van der Waals surface area (Å²) in [6, 6.07) is 20.1. The van der Waals surface area contributed by atoms with Crippen LogP contribution in [0, 0.1) is 0 Å². The quantitative estimate of drug-likeness (QED) is 0.303. The second kappa shape index (κ2) is 9.15. The minimum absolute atomic E-state index is 0.158. The molecule has 0 aliphatic rings. The summed E-state index contributed by atoms with van der Waals surface area (Å²) in [5.74, 6) is -1.03. The summed E-state index contributed by atoms with van der Waals surface area (Å²) >= 11 is 3.39. The largest absolute Gasteiger partial charge is 0.493 e. The number of aromatic hydroxyl groups is 1. The summed E-state index contributed by atoms with van der Waals surface area (Å²) in [5, 5.41) is 18.7. The van der Waals surface area contributed by atoms with Gasteiger partial charge in [0, 0.05) is 16.3 Å². The van der Waals surface area contributed by atoms with E-state index in [4.69, 9.17) is 5.73 Å². The van der Waals surface area contributed by atoms with E-state index in [0.29, 0.717) is 28.5 Å². The standard InChI is InChI=1S/C24H19BrN4O3/c25-16-10-11-20-19(13-16)22(24(32)27-20)28-29-23(31)18-4-2-1-3-17(18)15-8-5-14(6-9-15)7-12-21(26)30/h1-6,8-11,13,27,32H,7,12H2,(H2,26,30). The minimum atomic E-state index is -0.526. The average Bonchev–Trinajstić information content (AvgIpc) is 3.10. The number of fused-ring (bicyclic) bond motifs is 1. The van der Waals surface area contributed by atoms with Gasteiger partial charge in [0.05, 0.1) is 11.1 Å². The predicted molar refractivity (Wildman–Crippen MR) is 126 cm³/mol. The molecule has 0 unspecified atom stereocenters. The van der Waals surface area contributed by atoms with Crippen molar-refractivity contribution in [2.45, 2.75) is 12.8 Å². The zero-order valence-corrected chi connectivity index (χ0v) is 18.5. The van der Waals surface area contributed by atoms with Gasteiger partial charge < -0.3 is 15.8 Å². The summed E-state index contributed by atoms with van der Waals surface area (Å²) in [4.78, 5) is 26.7. The first kappa shape index (κ1) is 21.5. The molecule has 0 aliphatic heterocycles. The summed E-state index contributed by atoms with van der Waals surface area (Å²) in [6.45, 7) is 0. The van der Waals surface area contributed by atoms with Crippen molar-refractivity contribution in [1.82, 2.24) is 4.98 Å². The third kappa shape index (κ3) is 4.60. The maximum Gasteiger partial charge on any atom is 0.296 e. The molecule has 0 aliphatic carbocycles. The van der Waals surface area contributed by atoms with Crippen molar-refractivity contribution < 1.29 is 14.7 Å². The number of H-pyrrole nitrogens is 1. The molecule has 0 saturated heterocycles. The highest BCUT2D eigenvalue weighted by atomic mass is 79.9. The van der Waals surface area contributed by atoms with Crippen LogP contribution >= 0.6 is 15.9 Å². The summed E-state index contributed by atoms with van der Waals surface area (Å²) in [5.41, 5.74) is 9.02. The lowest BCUT2D eigenvalue weighted by Gasteiger charge is -2.07. The number of rotatable bonds is 6. The first-order valence-electron chi connectivity index (χ1n) is 9.85. The number of aromatic amines is 1. The third-order valence-corrected chi connectivity index (χ3v) is 5.53. The van der Waals surface area contributed by atoms with Crippen molar-refractivity contribution in [2.75, 3.05) is 0 Å². The number of benzene rings is 3. The van der Waals surface area contributed by atoms with Gasteiger partial charge in [-0.25, -0.2) is 0 Å². The van der Waals surface area contributed by atoms with E-state index >= 15 is 0 Å². The Morgan fingerprint density at radius 3 is 2.53 bits per heavy atom. The van der Waals surface area contributed by atoms with Crippen LogP contribution in [0.2, 0.25) is 0 Å². The van der Waals surface area contributed by atoms with Crippen LogP contribution in [-0.2, 0) is 11.2 Å². The number of aryl methyl sites for hydroxylation is 1. The van der Waals surface area contributed by atoms with Gasteiger partial charge in [-0.1, -0.05) is 58.4 Å². The molecule has 7 nitrogen and oxygen atoms in total. The lowest BCUT2D eigenvalue weighted by atomic mass is 9.97. The number of nitrogens with zero attached hydrogens (tertiary/aromatic N) is 2. The van der Waals surface area contributed by atoms with Crippen LogP contribution in [0.25, 0.3) is 22.0 Å². The van der Waals surface area contributed by atoms with Gasteiger partial charge in [-0.05, 0) is 47.4 Å². The van der Waals surface area contributed by atoms with Gasteiger partial charge in [0.15, 0.2) is 5.69 Å². The fourth-order valence-corrected chi connectivity index (χ4v) is 3.79. The Morgan fingerprint density at radius 1 is 1.03 bits per heavy atom. The molecule has 0 spiro atoms. The Hall–Kier alpha value is -3.78. The molecular weight excluding hydrogens is 472 g/mol. The highest BCUT2D eigenvalue weighted by Crippen LogP contribution is 2.37. The molecule has 1 heterocycles. The lowest BCUT2D eigenvalue weighted by molar-refractivity contribution is -0.117. The van der Waals surface area contributed by atoms with Gasteiger partial charge >= 0.3 is 0 Å². The van der Waals surface area contributed by atoms with Gasteiger partial charge in [-0.15, -0.1) is 10.2 Å². The van der Waals surface area contributed by atoms with E-state index in [1.54, 1.807) is 24.3 Å². The molecular formula is C24H19BrN4O3. The third-order valence-electron chi connectivity index (χ3n) is 5.04. The Labute approximate surface area is 192 Å². The smallest absolute Gasteiger partial charge is 0.296 e. The fourth-order valence-electron chi connectivity index (χ4n) is 3.43. The molecule has 2 amide bonds. The van der Waals surface area contributed by atoms with Crippen LogP contribution < -0.4 is 5.73 Å². The van der Waals surface area contributed by atoms with Crippen molar-refractivity contribution in [2.24, 2.45) is 16.0 Å². The SMILES string of the molecule is NC(=O)CCc1ccc(-c2ccccc2C(=O)N=Nc2c(O)[nH]c3ccc(Br)cc23)cc1. The zero-order chi connectivity index (χ0) is 22.7. The number of nitrogens with one attached hydrogen (secondary N) is 1. The molecule has 3 aromatic carbocycles. The Balaban J connectivity index is 1.62. The van der Waals surface area contributed by atoms with Gasteiger partial charge in [0.25, 0.3) is 5.91 Å². The molecule has 0 radical (unpaired) electrons. The van der Waals surface area contributed by atoms with E-state index in [-0.39, 0.29) is 23.9 Å². The molecule has 32 heavy (non-hydrogen) atoms. The first-order valence-corrected chi connectivity index (χ1v) is 10.6. The number of halogens is 1. The molecule has 4 aromatic rings. The molecule has 160 valence electrons. The Bertz CT molecular complexity index is 1340. The van der Waals surface area contributed by atoms with E-state index < -0.39 is 5.91 Å². The number of azo groups is 1. The van der Waals surface area contributed by atoms with Crippen molar-refractivity contribution in [3.05, 3.63) is 82.3 Å². The number of aromatic nitrogens is 1. The van der Waals surface area contributed by atoms with E-state index in [2.05, 4.69) is 31.1 Å². The maximum atomic E-state index is 12.9. The number of amides is 2. The van der Waals surface area contributed by atoms with Gasteiger partial charge in [0.2, 0.25) is 11.8 Å². The van der Waals surface area contributed by atoms with Crippen LogP contribution in [-0.4, -0.2) is 21.9 Å². The van der Waals surface area contributed by atoms with Crippen molar-refractivity contribution in [3.63, 3.8) is 0 Å². The Morgan fingerprint density at radius 2 is 1.78 bits per heavy atom. The number of hydrogen-bond acceptors (Lipinski definition) is 4. The van der Waals surface area contributed by atoms with Crippen molar-refractivity contribution in [1.29, 1.82) is 0 Å². The highest BCUT2D eigenvalue weighted by Gasteiger charge is 2.15. The van der Waals surface area contributed by atoms with Gasteiger partial charge in [-0.3, -0.25) is 9.59 Å². The van der Waals surface area contributed by atoms with Gasteiger partial charge in [0.1, 0.15) is 0 Å². The maximum absolute atomic E-state index is 12.9. The average molecular weight is 491 g/mol. The summed E-state index contributed by atoms with van der Waals surface area (Å²) in [6.07, 6.45) is 0.848. The number of hydrogen-bond donors (Lipinski definition) is 3. The molecule has 1 aromatic heterocycles. The first-order chi connectivity index (χ1) is 15.4. The number of carbonyl (C=O) groups excluding carboxylic acids is 2. The molecule has 0 bridgehead atoms.